The third-order valence-electron chi connectivity index (χ3n) is 3.66. The van der Waals surface area contributed by atoms with Crippen molar-refractivity contribution in [2.75, 3.05) is 6.54 Å². The van der Waals surface area contributed by atoms with Gasteiger partial charge >= 0.3 is 0 Å². The molecular weight excluding hydrogens is 188 g/mol. The van der Waals surface area contributed by atoms with E-state index in [4.69, 9.17) is 0 Å². The second-order valence-corrected chi connectivity index (χ2v) is 4.84. The van der Waals surface area contributed by atoms with Crippen LogP contribution in [0.15, 0.2) is 0 Å². The van der Waals surface area contributed by atoms with Gasteiger partial charge in [0, 0.05) is 18.0 Å². The molecule has 0 amide bonds. The van der Waals surface area contributed by atoms with E-state index in [1.807, 2.05) is 0 Å². The number of aryl methyl sites for hydroxylation is 1. The van der Waals surface area contributed by atoms with Crippen LogP contribution in [-0.4, -0.2) is 27.4 Å². The van der Waals surface area contributed by atoms with Crippen molar-refractivity contribution in [3.8, 4) is 0 Å². The van der Waals surface area contributed by atoms with Gasteiger partial charge in [0.2, 0.25) is 0 Å². The van der Waals surface area contributed by atoms with E-state index in [1.165, 1.54) is 25.1 Å². The van der Waals surface area contributed by atoms with Crippen molar-refractivity contribution in [2.24, 2.45) is 0 Å². The Hall–Kier alpha value is -0.900. The Kier molecular flexibility index (Phi) is 2.06. The molecule has 0 radical (unpaired) electrons. The molecule has 4 heteroatoms. The van der Waals surface area contributed by atoms with E-state index < -0.39 is 0 Å². The third kappa shape index (κ3) is 1.47. The maximum atomic E-state index is 4.38. The summed E-state index contributed by atoms with van der Waals surface area (Å²) in [6.45, 7) is 5.43. The molecule has 2 aliphatic rings. The fraction of sp³-hybridized carbons (Fsp3) is 0.818. The molecule has 1 aliphatic carbocycles. The molecule has 0 aromatic carbocycles. The topological polar surface area (TPSA) is 42.7 Å². The Labute approximate surface area is 90.1 Å². The minimum absolute atomic E-state index is 0.547. The molecule has 1 N–H and O–H groups in total. The zero-order valence-electron chi connectivity index (χ0n) is 9.40. The molecule has 15 heavy (non-hydrogen) atoms. The highest BCUT2D eigenvalue weighted by molar-refractivity contribution is 5.10. The number of hydrogen-bond donors (Lipinski definition) is 1. The van der Waals surface area contributed by atoms with Gasteiger partial charge in [-0.3, -0.25) is 0 Å². The minimum Gasteiger partial charge on any atom is -0.314 e. The standard InChI is InChI=1S/C11H18N4/c1-7-10(5-6-12-7)11-14-13-8(2)15(11)9-3-4-9/h7,9-10,12H,3-6H2,1-2H3. The van der Waals surface area contributed by atoms with Gasteiger partial charge in [0.15, 0.2) is 0 Å². The van der Waals surface area contributed by atoms with Crippen LogP contribution in [0, 0.1) is 6.92 Å². The van der Waals surface area contributed by atoms with Crippen molar-refractivity contribution >= 4 is 0 Å². The Morgan fingerprint density at radius 2 is 2.07 bits per heavy atom. The van der Waals surface area contributed by atoms with E-state index in [2.05, 4.69) is 33.9 Å². The molecule has 2 fully saturated rings. The van der Waals surface area contributed by atoms with Crippen LogP contribution in [-0.2, 0) is 0 Å². The second-order valence-electron chi connectivity index (χ2n) is 4.84. The van der Waals surface area contributed by atoms with Crippen LogP contribution >= 0.6 is 0 Å². The molecule has 2 unspecified atom stereocenters. The van der Waals surface area contributed by atoms with Crippen molar-refractivity contribution in [2.45, 2.75) is 51.1 Å². The van der Waals surface area contributed by atoms with E-state index in [1.54, 1.807) is 0 Å². The van der Waals surface area contributed by atoms with Crippen LogP contribution in [0.4, 0.5) is 0 Å². The second kappa shape index (κ2) is 3.30. The maximum Gasteiger partial charge on any atom is 0.137 e. The molecule has 1 saturated carbocycles. The fourth-order valence-corrected chi connectivity index (χ4v) is 2.63. The number of rotatable bonds is 2. The van der Waals surface area contributed by atoms with Crippen LogP contribution in [0.5, 0.6) is 0 Å². The van der Waals surface area contributed by atoms with Gasteiger partial charge in [0.05, 0.1) is 0 Å². The van der Waals surface area contributed by atoms with E-state index in [0.717, 1.165) is 12.4 Å². The molecule has 0 bridgehead atoms. The minimum atomic E-state index is 0.547. The van der Waals surface area contributed by atoms with E-state index in [9.17, 15) is 0 Å². The largest absolute Gasteiger partial charge is 0.314 e. The predicted octanol–water partition coefficient (Wildman–Crippen LogP) is 1.39. The maximum absolute atomic E-state index is 4.38. The van der Waals surface area contributed by atoms with Crippen LogP contribution in [0.3, 0.4) is 0 Å². The summed E-state index contributed by atoms with van der Waals surface area (Å²) >= 11 is 0. The van der Waals surface area contributed by atoms with Crippen LogP contribution in [0.25, 0.3) is 0 Å². The van der Waals surface area contributed by atoms with Crippen LogP contribution < -0.4 is 5.32 Å². The lowest BCUT2D eigenvalue weighted by Gasteiger charge is -2.16. The number of nitrogens with one attached hydrogen (secondary N) is 1. The zero-order chi connectivity index (χ0) is 10.4. The first kappa shape index (κ1) is 9.33. The quantitative estimate of drug-likeness (QED) is 0.795. The van der Waals surface area contributed by atoms with E-state index in [0.29, 0.717) is 18.0 Å². The van der Waals surface area contributed by atoms with Gasteiger partial charge in [-0.2, -0.15) is 0 Å². The van der Waals surface area contributed by atoms with Crippen molar-refractivity contribution in [3.63, 3.8) is 0 Å². The van der Waals surface area contributed by atoms with Gasteiger partial charge in [0.1, 0.15) is 11.6 Å². The lowest BCUT2D eigenvalue weighted by Crippen LogP contribution is -2.23. The average Bonchev–Trinajstić information content (AvgIpc) is 2.85. The SMILES string of the molecule is Cc1nnc(C2CCNC2C)n1C1CC1. The van der Waals surface area contributed by atoms with Gasteiger partial charge in [-0.05, 0) is 39.7 Å². The summed E-state index contributed by atoms with van der Waals surface area (Å²) in [5.74, 6) is 2.87. The first-order chi connectivity index (χ1) is 7.27. The summed E-state index contributed by atoms with van der Waals surface area (Å²) in [5.41, 5.74) is 0. The summed E-state index contributed by atoms with van der Waals surface area (Å²) in [4.78, 5) is 0. The van der Waals surface area contributed by atoms with Crippen LogP contribution in [0.2, 0.25) is 0 Å². The Morgan fingerprint density at radius 3 is 2.67 bits per heavy atom. The first-order valence-corrected chi connectivity index (χ1v) is 5.92. The Balaban J connectivity index is 1.96. The number of nitrogens with zero attached hydrogens (tertiary/aromatic N) is 3. The van der Waals surface area contributed by atoms with Crippen molar-refractivity contribution < 1.29 is 0 Å². The van der Waals surface area contributed by atoms with Crippen molar-refractivity contribution in [1.29, 1.82) is 0 Å². The number of aromatic nitrogens is 3. The van der Waals surface area contributed by atoms with Gasteiger partial charge in [-0.15, -0.1) is 10.2 Å². The van der Waals surface area contributed by atoms with Gasteiger partial charge in [-0.1, -0.05) is 0 Å². The molecule has 2 heterocycles. The third-order valence-corrected chi connectivity index (χ3v) is 3.66. The van der Waals surface area contributed by atoms with Gasteiger partial charge in [-0.25, -0.2) is 0 Å². The smallest absolute Gasteiger partial charge is 0.137 e. The molecule has 1 aromatic heterocycles. The highest BCUT2D eigenvalue weighted by Crippen LogP contribution is 2.39. The highest BCUT2D eigenvalue weighted by atomic mass is 15.3. The molecule has 0 spiro atoms. The predicted molar refractivity (Wildman–Crippen MR) is 57.9 cm³/mol. The monoisotopic (exact) mass is 206 g/mol. The van der Waals surface area contributed by atoms with Gasteiger partial charge < -0.3 is 9.88 Å². The molecule has 82 valence electrons. The number of hydrogen-bond acceptors (Lipinski definition) is 3. The molecule has 1 aromatic rings. The molecule has 3 rings (SSSR count). The highest BCUT2D eigenvalue weighted by Gasteiger charge is 2.34. The van der Waals surface area contributed by atoms with Crippen molar-refractivity contribution in [3.05, 3.63) is 11.6 Å². The summed E-state index contributed by atoms with van der Waals surface area (Å²) in [5, 5.41) is 12.1. The summed E-state index contributed by atoms with van der Waals surface area (Å²) in [7, 11) is 0. The molecule has 1 saturated heterocycles. The van der Waals surface area contributed by atoms with E-state index in [-0.39, 0.29) is 0 Å². The molecule has 4 nitrogen and oxygen atoms in total. The lowest BCUT2D eigenvalue weighted by atomic mass is 10.0. The Morgan fingerprint density at radius 1 is 1.27 bits per heavy atom. The Bertz CT molecular complexity index is 367. The van der Waals surface area contributed by atoms with E-state index >= 15 is 0 Å². The summed E-state index contributed by atoms with van der Waals surface area (Å²) in [6, 6.07) is 1.24. The first-order valence-electron chi connectivity index (χ1n) is 5.92. The van der Waals surface area contributed by atoms with Crippen molar-refractivity contribution in [1.82, 2.24) is 20.1 Å². The molecule has 2 atom stereocenters. The van der Waals surface area contributed by atoms with Crippen LogP contribution in [0.1, 0.15) is 49.8 Å². The zero-order valence-corrected chi connectivity index (χ0v) is 9.40. The van der Waals surface area contributed by atoms with Gasteiger partial charge in [0.25, 0.3) is 0 Å². The lowest BCUT2D eigenvalue weighted by molar-refractivity contribution is 0.529. The fourth-order valence-electron chi connectivity index (χ4n) is 2.63. The molecular formula is C11H18N4. The molecule has 1 aliphatic heterocycles. The summed E-state index contributed by atoms with van der Waals surface area (Å²) in [6.07, 6.45) is 3.81. The average molecular weight is 206 g/mol. The summed E-state index contributed by atoms with van der Waals surface area (Å²) < 4.78 is 2.37. The normalized spacial score (nSPS) is 31.1.